The Bertz CT molecular complexity index is 448. The molecule has 1 aromatic rings. The smallest absolute Gasteiger partial charge is 0.339 e. The Kier molecular flexibility index (Phi) is 3.72. The van der Waals surface area contributed by atoms with Gasteiger partial charge in [-0.25, -0.2) is 4.79 Å². The fourth-order valence-corrected chi connectivity index (χ4v) is 1.27. The number of phenols is 1. The number of carbonyl (C=O) groups is 1. The van der Waals surface area contributed by atoms with Crippen molar-refractivity contribution in [2.24, 2.45) is 0 Å². The van der Waals surface area contributed by atoms with E-state index in [1.807, 2.05) is 6.07 Å². The Hall–Kier alpha value is -2.22. The van der Waals surface area contributed by atoms with Gasteiger partial charge in [0.1, 0.15) is 11.6 Å². The van der Waals surface area contributed by atoms with Crippen LogP contribution in [0.4, 0.5) is 0 Å². The fraction of sp³-hybridized carbons (Fsp3) is 0.273. The molecule has 0 bridgehead atoms. The molecule has 0 atom stereocenters. The molecule has 16 heavy (non-hydrogen) atoms. The molecule has 0 amide bonds. The first-order chi connectivity index (χ1) is 7.65. The molecular weight excluding hydrogens is 210 g/mol. The second-order valence-electron chi connectivity index (χ2n) is 2.87. The van der Waals surface area contributed by atoms with Crippen molar-refractivity contribution < 1.29 is 19.4 Å². The predicted molar refractivity (Wildman–Crippen MR) is 55.3 cm³/mol. The van der Waals surface area contributed by atoms with Gasteiger partial charge >= 0.3 is 5.97 Å². The van der Waals surface area contributed by atoms with E-state index in [9.17, 15) is 9.90 Å². The Labute approximate surface area is 92.8 Å². The van der Waals surface area contributed by atoms with Gasteiger partial charge in [-0.15, -0.1) is 0 Å². The molecular formula is C11H11NO4. The summed E-state index contributed by atoms with van der Waals surface area (Å²) in [6.07, 6.45) is 0. The summed E-state index contributed by atoms with van der Waals surface area (Å²) < 4.78 is 9.64. The third kappa shape index (κ3) is 2.06. The molecule has 0 saturated carbocycles. The number of carbonyl (C=O) groups excluding carboxylic acids is 1. The highest BCUT2D eigenvalue weighted by molar-refractivity contribution is 5.93. The highest BCUT2D eigenvalue weighted by Crippen LogP contribution is 2.32. The van der Waals surface area contributed by atoms with Gasteiger partial charge in [-0.05, 0) is 19.1 Å². The highest BCUT2D eigenvalue weighted by atomic mass is 16.5. The third-order valence-electron chi connectivity index (χ3n) is 1.95. The number of phenolic OH excluding ortho intramolecular Hbond substituents is 1. The molecule has 0 aliphatic rings. The molecule has 1 rings (SSSR count). The van der Waals surface area contributed by atoms with E-state index in [4.69, 9.17) is 14.7 Å². The molecule has 1 N–H and O–H groups in total. The molecule has 5 heteroatoms. The van der Waals surface area contributed by atoms with Crippen LogP contribution < -0.4 is 4.74 Å². The van der Waals surface area contributed by atoms with Gasteiger partial charge in [0.05, 0.1) is 19.3 Å². The highest BCUT2D eigenvalue weighted by Gasteiger charge is 2.19. The molecule has 0 radical (unpaired) electrons. The first kappa shape index (κ1) is 11.9. The van der Waals surface area contributed by atoms with Crippen LogP contribution in [0.3, 0.4) is 0 Å². The van der Waals surface area contributed by atoms with E-state index >= 15 is 0 Å². The van der Waals surface area contributed by atoms with Crippen LogP contribution in [0.1, 0.15) is 22.8 Å². The van der Waals surface area contributed by atoms with Crippen LogP contribution in [0.15, 0.2) is 12.1 Å². The molecule has 0 spiro atoms. The largest absolute Gasteiger partial charge is 0.504 e. The van der Waals surface area contributed by atoms with Crippen LogP contribution in [-0.4, -0.2) is 24.8 Å². The SMILES string of the molecule is CCOC(=O)c1ccc(O)c(OC)c1C#N. The van der Waals surface area contributed by atoms with Gasteiger partial charge in [0.2, 0.25) is 0 Å². The minimum Gasteiger partial charge on any atom is -0.504 e. The summed E-state index contributed by atoms with van der Waals surface area (Å²) in [6, 6.07) is 4.42. The summed E-state index contributed by atoms with van der Waals surface area (Å²) >= 11 is 0. The third-order valence-corrected chi connectivity index (χ3v) is 1.95. The van der Waals surface area contributed by atoms with E-state index < -0.39 is 5.97 Å². The van der Waals surface area contributed by atoms with Crippen LogP contribution in [0.5, 0.6) is 11.5 Å². The summed E-state index contributed by atoms with van der Waals surface area (Å²) in [7, 11) is 1.31. The number of aromatic hydroxyl groups is 1. The van der Waals surface area contributed by atoms with E-state index in [-0.39, 0.29) is 29.2 Å². The molecule has 5 nitrogen and oxygen atoms in total. The zero-order valence-electron chi connectivity index (χ0n) is 8.98. The van der Waals surface area contributed by atoms with Gasteiger partial charge in [-0.2, -0.15) is 5.26 Å². The standard InChI is InChI=1S/C11H11NO4/c1-3-16-11(14)7-4-5-9(13)10(15-2)8(7)6-12/h4-5,13H,3H2,1-2H3. The fourth-order valence-electron chi connectivity index (χ4n) is 1.27. The van der Waals surface area contributed by atoms with Crippen LogP contribution >= 0.6 is 0 Å². The lowest BCUT2D eigenvalue weighted by atomic mass is 10.1. The first-order valence-corrected chi connectivity index (χ1v) is 4.62. The van der Waals surface area contributed by atoms with E-state index in [2.05, 4.69) is 0 Å². The Morgan fingerprint density at radius 3 is 2.75 bits per heavy atom. The van der Waals surface area contributed by atoms with Crippen LogP contribution in [0.25, 0.3) is 0 Å². The molecule has 0 saturated heterocycles. The van der Waals surface area contributed by atoms with Crippen molar-refractivity contribution in [2.45, 2.75) is 6.92 Å². The predicted octanol–water partition coefficient (Wildman–Crippen LogP) is 1.45. The Morgan fingerprint density at radius 2 is 2.25 bits per heavy atom. The Morgan fingerprint density at radius 1 is 1.56 bits per heavy atom. The van der Waals surface area contributed by atoms with E-state index in [1.165, 1.54) is 19.2 Å². The van der Waals surface area contributed by atoms with Crippen molar-refractivity contribution in [3.05, 3.63) is 23.3 Å². The van der Waals surface area contributed by atoms with Gasteiger partial charge in [0.15, 0.2) is 11.5 Å². The normalized spacial score (nSPS) is 9.31. The number of nitriles is 1. The number of hydrogen-bond donors (Lipinski definition) is 1. The van der Waals surface area contributed by atoms with Crippen molar-refractivity contribution in [3.8, 4) is 17.6 Å². The zero-order valence-corrected chi connectivity index (χ0v) is 8.98. The topological polar surface area (TPSA) is 79.6 Å². The number of hydrogen-bond acceptors (Lipinski definition) is 5. The van der Waals surface area contributed by atoms with E-state index in [0.717, 1.165) is 0 Å². The van der Waals surface area contributed by atoms with Crippen molar-refractivity contribution in [1.29, 1.82) is 5.26 Å². The number of esters is 1. The van der Waals surface area contributed by atoms with Crippen LogP contribution in [0.2, 0.25) is 0 Å². The van der Waals surface area contributed by atoms with Gasteiger partial charge in [-0.1, -0.05) is 0 Å². The maximum Gasteiger partial charge on any atom is 0.339 e. The van der Waals surface area contributed by atoms with Crippen molar-refractivity contribution >= 4 is 5.97 Å². The molecule has 0 aromatic heterocycles. The maximum absolute atomic E-state index is 11.5. The van der Waals surface area contributed by atoms with Gasteiger partial charge in [0.25, 0.3) is 0 Å². The number of rotatable bonds is 3. The lowest BCUT2D eigenvalue weighted by Crippen LogP contribution is -2.07. The minimum atomic E-state index is -0.614. The molecule has 1 aromatic carbocycles. The number of nitrogens with zero attached hydrogens (tertiary/aromatic N) is 1. The van der Waals surface area contributed by atoms with Crippen molar-refractivity contribution in [1.82, 2.24) is 0 Å². The van der Waals surface area contributed by atoms with Crippen LogP contribution in [0, 0.1) is 11.3 Å². The van der Waals surface area contributed by atoms with Gasteiger partial charge < -0.3 is 14.6 Å². The summed E-state index contributed by atoms with van der Waals surface area (Å²) in [5.41, 5.74) is 0.0555. The molecule has 84 valence electrons. The molecule has 0 heterocycles. The monoisotopic (exact) mass is 221 g/mol. The number of methoxy groups -OCH3 is 1. The Balaban J connectivity index is 3.31. The first-order valence-electron chi connectivity index (χ1n) is 4.62. The second kappa shape index (κ2) is 5.03. The quantitative estimate of drug-likeness (QED) is 0.781. The molecule has 0 aliphatic carbocycles. The molecule has 0 aliphatic heterocycles. The van der Waals surface area contributed by atoms with Crippen LogP contribution in [-0.2, 0) is 4.74 Å². The summed E-state index contributed by atoms with van der Waals surface area (Å²) in [4.78, 5) is 11.5. The average Bonchev–Trinajstić information content (AvgIpc) is 2.28. The second-order valence-corrected chi connectivity index (χ2v) is 2.87. The van der Waals surface area contributed by atoms with Gasteiger partial charge in [0, 0.05) is 0 Å². The summed E-state index contributed by atoms with van der Waals surface area (Å²) in [5.74, 6) is -0.822. The van der Waals surface area contributed by atoms with Crippen molar-refractivity contribution in [3.63, 3.8) is 0 Å². The average molecular weight is 221 g/mol. The van der Waals surface area contributed by atoms with E-state index in [1.54, 1.807) is 6.92 Å². The molecule has 0 unspecified atom stereocenters. The van der Waals surface area contributed by atoms with Crippen molar-refractivity contribution in [2.75, 3.05) is 13.7 Å². The minimum absolute atomic E-state index is 0.0203. The molecule has 0 fully saturated rings. The summed E-state index contributed by atoms with van der Waals surface area (Å²) in [5, 5.41) is 18.4. The zero-order chi connectivity index (χ0) is 12.1. The summed E-state index contributed by atoms with van der Waals surface area (Å²) in [6.45, 7) is 1.88. The van der Waals surface area contributed by atoms with E-state index in [0.29, 0.717) is 0 Å². The number of ether oxygens (including phenoxy) is 2. The number of benzene rings is 1. The maximum atomic E-state index is 11.5. The van der Waals surface area contributed by atoms with Gasteiger partial charge in [-0.3, -0.25) is 0 Å². The lowest BCUT2D eigenvalue weighted by molar-refractivity contribution is 0.0525. The lowest BCUT2D eigenvalue weighted by Gasteiger charge is -2.09.